The van der Waals surface area contributed by atoms with Crippen LogP contribution in [-0.4, -0.2) is 38.5 Å². The van der Waals surface area contributed by atoms with Crippen molar-refractivity contribution in [3.63, 3.8) is 0 Å². The van der Waals surface area contributed by atoms with Crippen LogP contribution in [0.1, 0.15) is 32.3 Å². The van der Waals surface area contributed by atoms with Crippen molar-refractivity contribution < 1.29 is 0 Å². The summed E-state index contributed by atoms with van der Waals surface area (Å²) in [4.78, 5) is 0. The maximum absolute atomic E-state index is 3.64. The lowest BCUT2D eigenvalue weighted by molar-refractivity contribution is 0.269. The van der Waals surface area contributed by atoms with Crippen LogP contribution < -0.4 is 21.3 Å². The minimum atomic E-state index is 0.0394. The molecule has 0 radical (unpaired) electrons. The number of hydrogen-bond donors (Lipinski definition) is 4. The molecule has 0 amide bonds. The van der Waals surface area contributed by atoms with E-state index in [1.165, 1.54) is 11.1 Å². The monoisotopic (exact) mass is 314 g/mol. The van der Waals surface area contributed by atoms with Crippen LogP contribution in [0.15, 0.2) is 42.0 Å². The Morgan fingerprint density at radius 1 is 1.00 bits per heavy atom. The zero-order valence-corrected chi connectivity index (χ0v) is 14.5. The molecule has 4 heteroatoms. The van der Waals surface area contributed by atoms with Crippen molar-refractivity contribution >= 4 is 0 Å². The summed E-state index contributed by atoms with van der Waals surface area (Å²) >= 11 is 0. The van der Waals surface area contributed by atoms with Gasteiger partial charge in [-0.25, -0.2) is 0 Å². The summed E-state index contributed by atoms with van der Waals surface area (Å²) in [5.74, 6) is 0.336. The molecule has 1 unspecified atom stereocenters. The molecular formula is C19H30N4. The second-order valence-electron chi connectivity index (χ2n) is 7.08. The smallest absolute Gasteiger partial charge is 0.0681 e. The van der Waals surface area contributed by atoms with Crippen LogP contribution in [0.5, 0.6) is 0 Å². The normalized spacial score (nSPS) is 22.7. The SMILES string of the molecule is C/C=C(/C(c1ccccc1)C1NCCN1)C(C)(C)C1NCCN1. The van der Waals surface area contributed by atoms with E-state index < -0.39 is 0 Å². The zero-order valence-electron chi connectivity index (χ0n) is 14.5. The van der Waals surface area contributed by atoms with Crippen LogP contribution in [0, 0.1) is 5.41 Å². The summed E-state index contributed by atoms with van der Waals surface area (Å²) in [7, 11) is 0. The molecule has 0 spiro atoms. The van der Waals surface area contributed by atoms with Crippen molar-refractivity contribution in [2.24, 2.45) is 5.41 Å². The molecule has 2 heterocycles. The van der Waals surface area contributed by atoms with Gasteiger partial charge in [-0.1, -0.05) is 55.8 Å². The fourth-order valence-electron chi connectivity index (χ4n) is 4.11. The molecule has 0 saturated carbocycles. The van der Waals surface area contributed by atoms with Crippen molar-refractivity contribution in [3.8, 4) is 0 Å². The van der Waals surface area contributed by atoms with E-state index in [2.05, 4.69) is 78.4 Å². The van der Waals surface area contributed by atoms with Crippen molar-refractivity contribution in [2.75, 3.05) is 26.2 Å². The summed E-state index contributed by atoms with van der Waals surface area (Å²) in [5, 5.41) is 14.5. The molecule has 1 aromatic rings. The van der Waals surface area contributed by atoms with Gasteiger partial charge in [0.05, 0.1) is 12.3 Å². The Balaban J connectivity index is 1.96. The van der Waals surface area contributed by atoms with E-state index in [9.17, 15) is 0 Å². The Kier molecular flexibility index (Phi) is 5.17. The lowest BCUT2D eigenvalue weighted by Gasteiger charge is -2.40. The fraction of sp³-hybridized carbons (Fsp3) is 0.579. The second kappa shape index (κ2) is 7.14. The van der Waals surface area contributed by atoms with Crippen LogP contribution in [0.3, 0.4) is 0 Å². The molecule has 1 atom stereocenters. The second-order valence-corrected chi connectivity index (χ2v) is 7.08. The molecule has 0 bridgehead atoms. The molecule has 2 saturated heterocycles. The highest BCUT2D eigenvalue weighted by molar-refractivity contribution is 5.35. The molecule has 0 aromatic heterocycles. The molecule has 23 heavy (non-hydrogen) atoms. The first-order valence-corrected chi connectivity index (χ1v) is 8.79. The predicted molar refractivity (Wildman–Crippen MR) is 96.3 cm³/mol. The largest absolute Gasteiger partial charge is 0.300 e. The van der Waals surface area contributed by atoms with Gasteiger partial charge < -0.3 is 0 Å². The van der Waals surface area contributed by atoms with Crippen molar-refractivity contribution in [2.45, 2.75) is 39.0 Å². The first kappa shape index (κ1) is 16.7. The third-order valence-corrected chi connectivity index (χ3v) is 5.28. The Morgan fingerprint density at radius 3 is 2.13 bits per heavy atom. The Hall–Kier alpha value is -1.20. The standard InChI is InChI=1S/C19H30N4/c1-4-15(19(2,3)18-22-12-13-23-18)16(17-20-10-11-21-17)14-8-6-5-7-9-14/h4-9,16-18,20-23H,10-13H2,1-3H3/b15-4-. The number of benzene rings is 1. The van der Waals surface area contributed by atoms with E-state index in [1.807, 2.05) is 0 Å². The van der Waals surface area contributed by atoms with Gasteiger partial charge in [-0.05, 0) is 12.5 Å². The minimum Gasteiger partial charge on any atom is -0.300 e. The van der Waals surface area contributed by atoms with Gasteiger partial charge in [-0.3, -0.25) is 21.3 Å². The summed E-state index contributed by atoms with van der Waals surface area (Å²) < 4.78 is 0. The molecular weight excluding hydrogens is 284 g/mol. The summed E-state index contributed by atoms with van der Waals surface area (Å²) in [6.07, 6.45) is 2.94. The van der Waals surface area contributed by atoms with E-state index >= 15 is 0 Å². The first-order chi connectivity index (χ1) is 11.1. The molecule has 1 aromatic carbocycles. The molecule has 2 fully saturated rings. The van der Waals surface area contributed by atoms with E-state index in [0.717, 1.165) is 26.2 Å². The zero-order chi connectivity index (χ0) is 16.3. The van der Waals surface area contributed by atoms with Gasteiger partial charge in [-0.2, -0.15) is 0 Å². The molecule has 3 rings (SSSR count). The van der Waals surface area contributed by atoms with Crippen LogP contribution in [-0.2, 0) is 0 Å². The highest BCUT2D eigenvalue weighted by Gasteiger charge is 2.41. The first-order valence-electron chi connectivity index (χ1n) is 8.79. The van der Waals surface area contributed by atoms with Gasteiger partial charge in [0.1, 0.15) is 0 Å². The number of rotatable bonds is 5. The van der Waals surface area contributed by atoms with E-state index in [0.29, 0.717) is 18.2 Å². The lowest BCUT2D eigenvalue weighted by atomic mass is 9.71. The Bertz CT molecular complexity index is 526. The van der Waals surface area contributed by atoms with Crippen LogP contribution >= 0.6 is 0 Å². The molecule has 2 aliphatic heterocycles. The number of nitrogens with one attached hydrogen (secondary N) is 4. The average molecular weight is 314 g/mol. The van der Waals surface area contributed by atoms with Crippen LogP contribution in [0.4, 0.5) is 0 Å². The quantitative estimate of drug-likeness (QED) is 0.626. The van der Waals surface area contributed by atoms with Crippen molar-refractivity contribution in [1.82, 2.24) is 21.3 Å². The Labute approximate surface area is 140 Å². The third kappa shape index (κ3) is 3.36. The maximum atomic E-state index is 3.64. The summed E-state index contributed by atoms with van der Waals surface area (Å²) in [5.41, 5.74) is 2.89. The highest BCUT2D eigenvalue weighted by atomic mass is 15.2. The van der Waals surface area contributed by atoms with E-state index in [-0.39, 0.29) is 5.41 Å². The van der Waals surface area contributed by atoms with Crippen LogP contribution in [0.2, 0.25) is 0 Å². The third-order valence-electron chi connectivity index (χ3n) is 5.28. The molecule has 0 aliphatic carbocycles. The van der Waals surface area contributed by atoms with Gasteiger partial charge in [0.25, 0.3) is 0 Å². The maximum Gasteiger partial charge on any atom is 0.0681 e. The topological polar surface area (TPSA) is 48.1 Å². The van der Waals surface area contributed by atoms with E-state index in [4.69, 9.17) is 0 Å². The van der Waals surface area contributed by atoms with Gasteiger partial charge in [0.2, 0.25) is 0 Å². The number of allylic oxidation sites excluding steroid dienone is 1. The van der Waals surface area contributed by atoms with Crippen molar-refractivity contribution in [3.05, 3.63) is 47.5 Å². The molecule has 4 N–H and O–H groups in total. The molecule has 126 valence electrons. The number of hydrogen-bond acceptors (Lipinski definition) is 4. The Morgan fingerprint density at radius 2 is 1.57 bits per heavy atom. The summed E-state index contributed by atoms with van der Waals surface area (Å²) in [6.45, 7) is 11.0. The average Bonchev–Trinajstić information content (AvgIpc) is 3.26. The predicted octanol–water partition coefficient (Wildman–Crippen LogP) is 1.78. The van der Waals surface area contributed by atoms with Gasteiger partial charge >= 0.3 is 0 Å². The highest BCUT2D eigenvalue weighted by Crippen LogP contribution is 2.41. The van der Waals surface area contributed by atoms with Crippen LogP contribution in [0.25, 0.3) is 0 Å². The van der Waals surface area contributed by atoms with Crippen molar-refractivity contribution in [1.29, 1.82) is 0 Å². The van der Waals surface area contributed by atoms with Gasteiger partial charge in [-0.15, -0.1) is 0 Å². The lowest BCUT2D eigenvalue weighted by Crippen LogP contribution is -2.49. The molecule has 4 nitrogen and oxygen atoms in total. The van der Waals surface area contributed by atoms with Gasteiger partial charge in [0.15, 0.2) is 0 Å². The minimum absolute atomic E-state index is 0.0394. The fourth-order valence-corrected chi connectivity index (χ4v) is 4.11. The van der Waals surface area contributed by atoms with E-state index in [1.54, 1.807) is 0 Å². The molecule has 2 aliphatic rings. The summed E-state index contributed by atoms with van der Waals surface area (Å²) in [6, 6.07) is 10.9. The van der Waals surface area contributed by atoms with Gasteiger partial charge in [0, 0.05) is 37.5 Å².